The van der Waals surface area contributed by atoms with E-state index in [1.54, 1.807) is 55.5 Å². The predicted octanol–water partition coefficient (Wildman–Crippen LogP) is 4.38. The maximum atomic E-state index is 12.6. The first-order valence-corrected chi connectivity index (χ1v) is 8.26. The molecule has 1 atom stereocenters. The van der Waals surface area contributed by atoms with Gasteiger partial charge in [0.15, 0.2) is 0 Å². The standard InChI is InChI=1S/C19H21ClO4/c1-3-19(18(22)23-4-2,13-14-5-9-16(21)10-6-14)24-17-11-7-15(20)8-12-17/h5-12,21H,3-4,13H2,1-2H3. The Morgan fingerprint density at radius 1 is 1.08 bits per heavy atom. The SMILES string of the molecule is CCOC(=O)C(CC)(Cc1ccc(O)cc1)Oc1ccc(Cl)cc1. The van der Waals surface area contributed by atoms with Gasteiger partial charge in [0.1, 0.15) is 11.5 Å². The van der Waals surface area contributed by atoms with Crippen LogP contribution in [0.15, 0.2) is 48.5 Å². The Hall–Kier alpha value is -2.20. The van der Waals surface area contributed by atoms with Gasteiger partial charge < -0.3 is 14.6 Å². The summed E-state index contributed by atoms with van der Waals surface area (Å²) >= 11 is 5.90. The number of rotatable bonds is 7. The lowest BCUT2D eigenvalue weighted by Crippen LogP contribution is -2.47. The molecular formula is C19H21ClO4. The van der Waals surface area contributed by atoms with E-state index in [1.165, 1.54) is 0 Å². The highest BCUT2D eigenvalue weighted by atomic mass is 35.5. The highest BCUT2D eigenvalue weighted by Gasteiger charge is 2.41. The number of benzene rings is 2. The van der Waals surface area contributed by atoms with E-state index in [0.29, 0.717) is 23.6 Å². The molecule has 0 radical (unpaired) electrons. The van der Waals surface area contributed by atoms with Gasteiger partial charge in [0, 0.05) is 11.4 Å². The van der Waals surface area contributed by atoms with Crippen LogP contribution < -0.4 is 4.74 Å². The molecule has 0 aliphatic rings. The van der Waals surface area contributed by atoms with Crippen molar-refractivity contribution in [2.24, 2.45) is 0 Å². The zero-order valence-corrected chi connectivity index (χ0v) is 14.5. The molecule has 0 aliphatic heterocycles. The molecule has 2 aromatic rings. The molecule has 0 spiro atoms. The van der Waals surface area contributed by atoms with Crippen molar-refractivity contribution in [1.82, 2.24) is 0 Å². The zero-order valence-electron chi connectivity index (χ0n) is 13.8. The summed E-state index contributed by atoms with van der Waals surface area (Å²) in [4.78, 5) is 12.6. The van der Waals surface area contributed by atoms with Crippen LogP contribution in [0.3, 0.4) is 0 Å². The van der Waals surface area contributed by atoms with Gasteiger partial charge in [-0.3, -0.25) is 0 Å². The zero-order chi connectivity index (χ0) is 17.6. The van der Waals surface area contributed by atoms with Crippen molar-refractivity contribution in [3.63, 3.8) is 0 Å². The van der Waals surface area contributed by atoms with Gasteiger partial charge in [-0.2, -0.15) is 0 Å². The van der Waals surface area contributed by atoms with Gasteiger partial charge in [-0.15, -0.1) is 0 Å². The van der Waals surface area contributed by atoms with E-state index in [9.17, 15) is 9.90 Å². The van der Waals surface area contributed by atoms with Crippen LogP contribution >= 0.6 is 11.6 Å². The summed E-state index contributed by atoms with van der Waals surface area (Å²) in [6, 6.07) is 13.6. The number of phenols is 1. The maximum Gasteiger partial charge on any atom is 0.350 e. The highest BCUT2D eigenvalue weighted by Crippen LogP contribution is 2.28. The fourth-order valence-corrected chi connectivity index (χ4v) is 2.55. The van der Waals surface area contributed by atoms with E-state index < -0.39 is 11.6 Å². The number of esters is 1. The van der Waals surface area contributed by atoms with Gasteiger partial charge in [-0.05, 0) is 55.3 Å². The molecular weight excluding hydrogens is 328 g/mol. The lowest BCUT2D eigenvalue weighted by molar-refractivity contribution is -0.162. The normalized spacial score (nSPS) is 13.1. The number of phenolic OH excluding ortho intramolecular Hbond substituents is 1. The van der Waals surface area contributed by atoms with Crippen LogP contribution in [0.25, 0.3) is 0 Å². The average Bonchev–Trinajstić information content (AvgIpc) is 2.58. The number of carbonyl (C=O) groups excluding carboxylic acids is 1. The van der Waals surface area contributed by atoms with Crippen molar-refractivity contribution >= 4 is 17.6 Å². The minimum Gasteiger partial charge on any atom is -0.508 e. The largest absolute Gasteiger partial charge is 0.508 e. The molecule has 0 amide bonds. The van der Waals surface area contributed by atoms with Gasteiger partial charge in [0.05, 0.1) is 6.61 Å². The van der Waals surface area contributed by atoms with Crippen molar-refractivity contribution in [3.8, 4) is 11.5 Å². The van der Waals surface area contributed by atoms with Crippen LogP contribution in [0.1, 0.15) is 25.8 Å². The molecule has 5 heteroatoms. The predicted molar refractivity (Wildman–Crippen MR) is 93.5 cm³/mol. The number of hydrogen-bond donors (Lipinski definition) is 1. The third-order valence-corrected chi connectivity index (χ3v) is 4.02. The topological polar surface area (TPSA) is 55.8 Å². The molecule has 0 aromatic heterocycles. The minimum absolute atomic E-state index is 0.176. The smallest absolute Gasteiger partial charge is 0.350 e. The summed E-state index contributed by atoms with van der Waals surface area (Å²) in [5.41, 5.74) is -0.266. The van der Waals surface area contributed by atoms with Gasteiger partial charge in [0.2, 0.25) is 5.60 Å². The van der Waals surface area contributed by atoms with Gasteiger partial charge in [-0.25, -0.2) is 4.79 Å². The number of carbonyl (C=O) groups is 1. The molecule has 128 valence electrons. The summed E-state index contributed by atoms with van der Waals surface area (Å²) in [6.07, 6.45) is 0.778. The van der Waals surface area contributed by atoms with E-state index >= 15 is 0 Å². The Kier molecular flexibility index (Phi) is 6.10. The molecule has 2 rings (SSSR count). The molecule has 0 aliphatic carbocycles. The average molecular weight is 349 g/mol. The molecule has 24 heavy (non-hydrogen) atoms. The van der Waals surface area contributed by atoms with Crippen LogP contribution in [0, 0.1) is 0 Å². The number of halogens is 1. The lowest BCUT2D eigenvalue weighted by Gasteiger charge is -2.31. The van der Waals surface area contributed by atoms with Crippen LogP contribution in [-0.4, -0.2) is 23.3 Å². The van der Waals surface area contributed by atoms with Crippen molar-refractivity contribution in [2.45, 2.75) is 32.3 Å². The molecule has 0 heterocycles. The van der Waals surface area contributed by atoms with Crippen LogP contribution in [0.5, 0.6) is 11.5 Å². The van der Waals surface area contributed by atoms with E-state index in [0.717, 1.165) is 5.56 Å². The van der Waals surface area contributed by atoms with Gasteiger partial charge >= 0.3 is 5.97 Å². The molecule has 2 aromatic carbocycles. The van der Waals surface area contributed by atoms with Gasteiger partial charge in [-0.1, -0.05) is 30.7 Å². The maximum absolute atomic E-state index is 12.6. The molecule has 0 fully saturated rings. The number of ether oxygens (including phenoxy) is 2. The van der Waals surface area contributed by atoms with E-state index in [-0.39, 0.29) is 12.4 Å². The van der Waals surface area contributed by atoms with Crippen molar-refractivity contribution in [2.75, 3.05) is 6.61 Å². The second-order valence-electron chi connectivity index (χ2n) is 5.47. The Balaban J connectivity index is 2.33. The third kappa shape index (κ3) is 4.42. The van der Waals surface area contributed by atoms with Crippen LogP contribution in [0.2, 0.25) is 5.02 Å². The highest BCUT2D eigenvalue weighted by molar-refractivity contribution is 6.30. The first-order chi connectivity index (χ1) is 11.5. The Morgan fingerprint density at radius 2 is 1.71 bits per heavy atom. The fourth-order valence-electron chi connectivity index (χ4n) is 2.43. The summed E-state index contributed by atoms with van der Waals surface area (Å²) in [5.74, 6) is 0.319. The quantitative estimate of drug-likeness (QED) is 0.754. The molecule has 1 unspecified atom stereocenters. The third-order valence-electron chi connectivity index (χ3n) is 3.77. The van der Waals surface area contributed by atoms with Crippen molar-refractivity contribution < 1.29 is 19.4 Å². The van der Waals surface area contributed by atoms with Crippen molar-refractivity contribution in [1.29, 1.82) is 0 Å². The Bertz CT molecular complexity index is 617. The Labute approximate surface area is 147 Å². The molecule has 0 saturated carbocycles. The summed E-state index contributed by atoms with van der Waals surface area (Å²) in [5, 5.41) is 10.0. The fraction of sp³-hybridized carbons (Fsp3) is 0.316. The number of hydrogen-bond acceptors (Lipinski definition) is 4. The Morgan fingerprint density at radius 3 is 2.25 bits per heavy atom. The first-order valence-electron chi connectivity index (χ1n) is 7.89. The van der Waals surface area contributed by atoms with Crippen LogP contribution in [0.4, 0.5) is 0 Å². The molecule has 4 nitrogen and oxygen atoms in total. The second-order valence-corrected chi connectivity index (χ2v) is 5.90. The molecule has 0 saturated heterocycles. The van der Waals surface area contributed by atoms with E-state index in [4.69, 9.17) is 21.1 Å². The summed E-state index contributed by atoms with van der Waals surface area (Å²) < 4.78 is 11.3. The second kappa shape index (κ2) is 8.06. The number of aromatic hydroxyl groups is 1. The van der Waals surface area contributed by atoms with Crippen molar-refractivity contribution in [3.05, 3.63) is 59.1 Å². The van der Waals surface area contributed by atoms with Crippen LogP contribution in [-0.2, 0) is 16.0 Å². The monoisotopic (exact) mass is 348 g/mol. The van der Waals surface area contributed by atoms with E-state index in [2.05, 4.69) is 0 Å². The molecule has 0 bridgehead atoms. The lowest BCUT2D eigenvalue weighted by atomic mass is 9.91. The summed E-state index contributed by atoms with van der Waals surface area (Å²) in [6.45, 7) is 3.93. The van der Waals surface area contributed by atoms with Gasteiger partial charge in [0.25, 0.3) is 0 Å². The minimum atomic E-state index is -1.14. The van der Waals surface area contributed by atoms with E-state index in [1.807, 2.05) is 6.92 Å². The molecule has 1 N–H and O–H groups in total. The summed E-state index contributed by atoms with van der Waals surface area (Å²) in [7, 11) is 0. The first kappa shape index (κ1) is 18.1.